The van der Waals surface area contributed by atoms with Gasteiger partial charge in [0.25, 0.3) is 0 Å². The molecule has 0 radical (unpaired) electrons. The van der Waals surface area contributed by atoms with Crippen LogP contribution in [-0.4, -0.2) is 5.78 Å². The summed E-state index contributed by atoms with van der Waals surface area (Å²) >= 11 is 0. The first-order valence-corrected chi connectivity index (χ1v) is 4.93. The highest BCUT2D eigenvalue weighted by Gasteiger charge is 2.13. The molecule has 0 fully saturated rings. The van der Waals surface area contributed by atoms with Gasteiger partial charge in [0.2, 0.25) is 0 Å². The number of hydrogen-bond acceptors (Lipinski definition) is 2. The van der Waals surface area contributed by atoms with Crippen molar-refractivity contribution in [3.05, 3.63) is 65.2 Å². The van der Waals surface area contributed by atoms with Crippen LogP contribution in [0.4, 0.5) is 14.5 Å². The van der Waals surface area contributed by atoms with Crippen molar-refractivity contribution < 1.29 is 13.6 Å². The van der Waals surface area contributed by atoms with Crippen LogP contribution >= 0.6 is 0 Å². The smallest absolute Gasteiger partial charge is 0.195 e. The Kier molecular flexibility index (Phi) is 2.87. The SMILES string of the molecule is Nc1cc(F)ccc1C(=O)c1cccc(F)c1. The lowest BCUT2D eigenvalue weighted by atomic mass is 10.0. The van der Waals surface area contributed by atoms with Crippen molar-refractivity contribution in [2.75, 3.05) is 5.73 Å². The summed E-state index contributed by atoms with van der Waals surface area (Å²) < 4.78 is 25.8. The molecule has 0 aliphatic rings. The molecule has 2 aromatic rings. The van der Waals surface area contributed by atoms with Crippen molar-refractivity contribution in [2.45, 2.75) is 0 Å². The second-order valence-electron chi connectivity index (χ2n) is 3.57. The maximum absolute atomic E-state index is 13.0. The first kappa shape index (κ1) is 11.3. The molecule has 0 saturated carbocycles. The quantitative estimate of drug-likeness (QED) is 0.640. The Hall–Kier alpha value is -2.23. The van der Waals surface area contributed by atoms with Crippen molar-refractivity contribution in [3.8, 4) is 0 Å². The van der Waals surface area contributed by atoms with E-state index < -0.39 is 17.4 Å². The zero-order valence-electron chi connectivity index (χ0n) is 8.78. The highest BCUT2D eigenvalue weighted by molar-refractivity contribution is 6.12. The number of rotatable bonds is 2. The van der Waals surface area contributed by atoms with Gasteiger partial charge in [0.1, 0.15) is 11.6 Å². The van der Waals surface area contributed by atoms with Gasteiger partial charge in [-0.1, -0.05) is 12.1 Å². The number of benzene rings is 2. The Bertz CT molecular complexity index is 581. The van der Waals surface area contributed by atoms with E-state index in [4.69, 9.17) is 5.73 Å². The minimum absolute atomic E-state index is 0.0410. The molecule has 2 rings (SSSR count). The Balaban J connectivity index is 2.44. The van der Waals surface area contributed by atoms with Gasteiger partial charge in [-0.05, 0) is 30.3 Å². The zero-order valence-corrected chi connectivity index (χ0v) is 8.78. The molecule has 2 nitrogen and oxygen atoms in total. The van der Waals surface area contributed by atoms with Crippen molar-refractivity contribution in [2.24, 2.45) is 0 Å². The van der Waals surface area contributed by atoms with Gasteiger partial charge in [0.15, 0.2) is 5.78 Å². The Morgan fingerprint density at radius 2 is 1.71 bits per heavy atom. The molecular formula is C13H9F2NO. The third kappa shape index (κ3) is 2.30. The summed E-state index contributed by atoms with van der Waals surface area (Å²) in [7, 11) is 0. The van der Waals surface area contributed by atoms with Crippen LogP contribution in [0.1, 0.15) is 15.9 Å². The van der Waals surface area contributed by atoms with Crippen LogP contribution in [-0.2, 0) is 0 Å². The molecule has 86 valence electrons. The second-order valence-corrected chi connectivity index (χ2v) is 3.57. The molecule has 4 heteroatoms. The molecule has 0 unspecified atom stereocenters. The van der Waals surface area contributed by atoms with Crippen LogP contribution in [0.15, 0.2) is 42.5 Å². The molecule has 0 amide bonds. The van der Waals surface area contributed by atoms with Crippen LogP contribution in [0.3, 0.4) is 0 Å². The molecule has 2 N–H and O–H groups in total. The summed E-state index contributed by atoms with van der Waals surface area (Å²) in [6, 6.07) is 8.76. The molecule has 0 bridgehead atoms. The number of anilines is 1. The van der Waals surface area contributed by atoms with E-state index >= 15 is 0 Å². The molecule has 0 saturated heterocycles. The highest BCUT2D eigenvalue weighted by atomic mass is 19.1. The van der Waals surface area contributed by atoms with E-state index in [0.29, 0.717) is 0 Å². The van der Waals surface area contributed by atoms with Gasteiger partial charge in [-0.15, -0.1) is 0 Å². The van der Waals surface area contributed by atoms with Gasteiger partial charge >= 0.3 is 0 Å². The van der Waals surface area contributed by atoms with Gasteiger partial charge in [0.05, 0.1) is 0 Å². The number of nitrogens with two attached hydrogens (primary N) is 1. The third-order valence-electron chi connectivity index (χ3n) is 2.35. The van der Waals surface area contributed by atoms with Gasteiger partial charge in [-0.3, -0.25) is 4.79 Å². The standard InChI is InChI=1S/C13H9F2NO/c14-9-3-1-2-8(6-9)13(17)11-5-4-10(15)7-12(11)16/h1-7H,16H2. The third-order valence-corrected chi connectivity index (χ3v) is 2.35. The van der Waals surface area contributed by atoms with Crippen molar-refractivity contribution in [3.63, 3.8) is 0 Å². The fourth-order valence-corrected chi connectivity index (χ4v) is 1.53. The predicted octanol–water partition coefficient (Wildman–Crippen LogP) is 2.78. The van der Waals surface area contributed by atoms with Crippen molar-refractivity contribution in [1.29, 1.82) is 0 Å². The van der Waals surface area contributed by atoms with Crippen molar-refractivity contribution in [1.82, 2.24) is 0 Å². The average molecular weight is 233 g/mol. The number of carbonyl (C=O) groups excluding carboxylic acids is 1. The van der Waals surface area contributed by atoms with Crippen LogP contribution in [0.5, 0.6) is 0 Å². The lowest BCUT2D eigenvalue weighted by molar-refractivity contribution is 0.103. The number of ketones is 1. The summed E-state index contributed by atoms with van der Waals surface area (Å²) in [6.07, 6.45) is 0. The molecule has 2 aromatic carbocycles. The lowest BCUT2D eigenvalue weighted by Crippen LogP contribution is -2.06. The number of carbonyl (C=O) groups is 1. The van der Waals surface area contributed by atoms with Gasteiger partial charge in [0, 0.05) is 16.8 Å². The van der Waals surface area contributed by atoms with E-state index in [-0.39, 0.29) is 16.8 Å². The monoisotopic (exact) mass is 233 g/mol. The average Bonchev–Trinajstić information content (AvgIpc) is 2.28. The summed E-state index contributed by atoms with van der Waals surface area (Å²) in [4.78, 5) is 12.0. The predicted molar refractivity (Wildman–Crippen MR) is 60.6 cm³/mol. The lowest BCUT2D eigenvalue weighted by Gasteiger charge is -2.05. The molecule has 0 heterocycles. The highest BCUT2D eigenvalue weighted by Crippen LogP contribution is 2.18. The normalized spacial score (nSPS) is 10.2. The fraction of sp³-hybridized carbons (Fsp3) is 0. The molecule has 0 aliphatic heterocycles. The van der Waals surface area contributed by atoms with E-state index in [9.17, 15) is 13.6 Å². The summed E-state index contributed by atoms with van der Waals surface area (Å²) in [6.45, 7) is 0. The number of halogens is 2. The van der Waals surface area contributed by atoms with E-state index in [0.717, 1.165) is 18.2 Å². The van der Waals surface area contributed by atoms with Crippen molar-refractivity contribution >= 4 is 11.5 Å². The first-order valence-electron chi connectivity index (χ1n) is 4.93. The Morgan fingerprint density at radius 3 is 2.35 bits per heavy atom. The summed E-state index contributed by atoms with van der Waals surface area (Å²) in [5.41, 5.74) is 5.93. The van der Waals surface area contributed by atoms with Crippen LogP contribution < -0.4 is 5.73 Å². The first-order chi connectivity index (χ1) is 8.08. The van der Waals surface area contributed by atoms with E-state index in [1.54, 1.807) is 0 Å². The molecule has 0 aromatic heterocycles. The van der Waals surface area contributed by atoms with Gasteiger partial charge in [-0.25, -0.2) is 8.78 Å². The van der Waals surface area contributed by atoms with Gasteiger partial charge < -0.3 is 5.73 Å². The fourth-order valence-electron chi connectivity index (χ4n) is 1.53. The maximum atomic E-state index is 13.0. The molecule has 0 aliphatic carbocycles. The van der Waals surface area contributed by atoms with Gasteiger partial charge in [-0.2, -0.15) is 0 Å². The second kappa shape index (κ2) is 4.33. The molecule has 0 spiro atoms. The summed E-state index contributed by atoms with van der Waals surface area (Å²) in [5, 5.41) is 0. The Labute approximate surface area is 96.7 Å². The van der Waals surface area contributed by atoms with Crippen LogP contribution in [0.25, 0.3) is 0 Å². The number of nitrogen functional groups attached to an aromatic ring is 1. The maximum Gasteiger partial charge on any atom is 0.195 e. The number of hydrogen-bond donors (Lipinski definition) is 1. The van der Waals surface area contributed by atoms with E-state index in [1.807, 2.05) is 0 Å². The summed E-state index contributed by atoms with van der Waals surface area (Å²) in [5.74, 6) is -1.45. The topological polar surface area (TPSA) is 43.1 Å². The largest absolute Gasteiger partial charge is 0.398 e. The minimum Gasteiger partial charge on any atom is -0.398 e. The van der Waals surface area contributed by atoms with E-state index in [2.05, 4.69) is 0 Å². The molecule has 0 atom stereocenters. The van der Waals surface area contributed by atoms with Crippen LogP contribution in [0, 0.1) is 11.6 Å². The minimum atomic E-state index is -0.515. The molecular weight excluding hydrogens is 224 g/mol. The molecule has 17 heavy (non-hydrogen) atoms. The zero-order chi connectivity index (χ0) is 12.4. The van der Waals surface area contributed by atoms with E-state index in [1.165, 1.54) is 24.3 Å². The van der Waals surface area contributed by atoms with Crippen LogP contribution in [0.2, 0.25) is 0 Å². The Morgan fingerprint density at radius 1 is 1.00 bits per heavy atom.